The molecule has 0 saturated carbocycles. The summed E-state index contributed by atoms with van der Waals surface area (Å²) in [7, 11) is 0. The maximum atomic E-state index is 10.2. The molecule has 0 radical (unpaired) electrons. The van der Waals surface area contributed by atoms with Crippen molar-refractivity contribution in [1.82, 2.24) is 19.8 Å². The van der Waals surface area contributed by atoms with Crippen LogP contribution in [0.4, 0.5) is 5.82 Å². The molecule has 2 fully saturated rings. The molecule has 0 bridgehead atoms. The molecule has 1 aliphatic carbocycles. The molecule has 28 heavy (non-hydrogen) atoms. The van der Waals surface area contributed by atoms with Crippen molar-refractivity contribution >= 4 is 27.4 Å². The standard InChI is InChI=1S/C21H31N5OS/c1-2-7-25-8-14-9-26(12-21(14,11-25)13-27)10-17-23-19(22)18-15-5-3-4-6-16(15)28-20(18)24-17/h14,27H,2-13H2,1H3,(H2,22,23,24). The van der Waals surface area contributed by atoms with Gasteiger partial charge in [-0.25, -0.2) is 9.97 Å². The first kappa shape index (κ1) is 18.7. The molecule has 0 spiro atoms. The van der Waals surface area contributed by atoms with E-state index in [1.54, 1.807) is 0 Å². The van der Waals surface area contributed by atoms with E-state index < -0.39 is 0 Å². The van der Waals surface area contributed by atoms with E-state index in [1.165, 1.54) is 29.7 Å². The first-order chi connectivity index (χ1) is 13.6. The van der Waals surface area contributed by atoms with Crippen molar-refractivity contribution in [3.05, 3.63) is 16.3 Å². The second kappa shape index (κ2) is 7.20. The highest BCUT2D eigenvalue weighted by atomic mass is 32.1. The Morgan fingerprint density at radius 3 is 2.75 bits per heavy atom. The Morgan fingerprint density at radius 1 is 1.18 bits per heavy atom. The zero-order valence-corrected chi connectivity index (χ0v) is 17.6. The van der Waals surface area contributed by atoms with Crippen molar-refractivity contribution < 1.29 is 5.11 Å². The molecule has 0 amide bonds. The lowest BCUT2D eigenvalue weighted by molar-refractivity contribution is 0.111. The van der Waals surface area contributed by atoms with Gasteiger partial charge in [0.2, 0.25) is 0 Å². The van der Waals surface area contributed by atoms with E-state index in [2.05, 4.69) is 16.7 Å². The third-order valence-electron chi connectivity index (χ3n) is 7.01. The van der Waals surface area contributed by atoms with Crippen LogP contribution >= 0.6 is 11.3 Å². The first-order valence-electron chi connectivity index (χ1n) is 10.7. The molecule has 2 saturated heterocycles. The highest BCUT2D eigenvalue weighted by molar-refractivity contribution is 7.19. The minimum absolute atomic E-state index is 0.0207. The van der Waals surface area contributed by atoms with E-state index in [-0.39, 0.29) is 12.0 Å². The van der Waals surface area contributed by atoms with E-state index in [9.17, 15) is 5.11 Å². The van der Waals surface area contributed by atoms with E-state index in [1.807, 2.05) is 11.3 Å². The number of hydrogen-bond donors (Lipinski definition) is 2. The zero-order valence-electron chi connectivity index (χ0n) is 16.8. The predicted octanol–water partition coefficient (Wildman–Crippen LogP) is 2.29. The molecule has 2 unspecified atom stereocenters. The summed E-state index contributed by atoms with van der Waals surface area (Å²) >= 11 is 1.82. The van der Waals surface area contributed by atoms with Gasteiger partial charge in [0.15, 0.2) is 0 Å². The average Bonchev–Trinajstić information content (AvgIpc) is 3.29. The maximum Gasteiger partial charge on any atom is 0.146 e. The zero-order chi connectivity index (χ0) is 19.3. The second-order valence-corrected chi connectivity index (χ2v) is 10.1. The van der Waals surface area contributed by atoms with Gasteiger partial charge in [-0.1, -0.05) is 6.92 Å². The Morgan fingerprint density at radius 2 is 1.96 bits per heavy atom. The summed E-state index contributed by atoms with van der Waals surface area (Å²) in [6.07, 6.45) is 5.96. The Labute approximate surface area is 170 Å². The molecule has 2 aromatic heterocycles. The SMILES string of the molecule is CCCN1CC2CN(Cc3nc(N)c4c5c(sc4n3)CCCC5)CC2(CO)C1. The number of aliphatic hydroxyl groups is 1. The summed E-state index contributed by atoms with van der Waals surface area (Å²) in [5, 5.41) is 11.3. The van der Waals surface area contributed by atoms with Gasteiger partial charge in [-0.15, -0.1) is 11.3 Å². The lowest BCUT2D eigenvalue weighted by atomic mass is 9.82. The van der Waals surface area contributed by atoms with Gasteiger partial charge in [-0.3, -0.25) is 4.90 Å². The molecule has 7 heteroatoms. The molecule has 2 atom stereocenters. The van der Waals surface area contributed by atoms with Crippen LogP contribution in [0.3, 0.4) is 0 Å². The minimum Gasteiger partial charge on any atom is -0.396 e. The normalized spacial score (nSPS) is 28.1. The molecule has 152 valence electrons. The van der Waals surface area contributed by atoms with Crippen molar-refractivity contribution in [3.63, 3.8) is 0 Å². The maximum absolute atomic E-state index is 10.2. The number of fused-ring (bicyclic) bond motifs is 4. The topological polar surface area (TPSA) is 78.5 Å². The summed E-state index contributed by atoms with van der Waals surface area (Å²) in [5.74, 6) is 2.03. The summed E-state index contributed by atoms with van der Waals surface area (Å²) < 4.78 is 0. The van der Waals surface area contributed by atoms with Crippen molar-refractivity contribution in [2.45, 2.75) is 45.6 Å². The van der Waals surface area contributed by atoms with Gasteiger partial charge in [-0.05, 0) is 50.1 Å². The van der Waals surface area contributed by atoms with Crippen molar-refractivity contribution in [2.24, 2.45) is 11.3 Å². The molecule has 3 N–H and O–H groups in total. The lowest BCUT2D eigenvalue weighted by Crippen LogP contribution is -2.37. The number of anilines is 1. The van der Waals surface area contributed by atoms with Gasteiger partial charge in [0.1, 0.15) is 16.5 Å². The van der Waals surface area contributed by atoms with Crippen LogP contribution in [-0.2, 0) is 19.4 Å². The van der Waals surface area contributed by atoms with E-state index in [0.717, 1.165) is 68.2 Å². The monoisotopic (exact) mass is 401 g/mol. The molecular formula is C21H31N5OS. The number of hydrogen-bond acceptors (Lipinski definition) is 7. The molecule has 2 aliphatic heterocycles. The highest BCUT2D eigenvalue weighted by Crippen LogP contribution is 2.43. The summed E-state index contributed by atoms with van der Waals surface area (Å²) in [6.45, 7) is 8.43. The van der Waals surface area contributed by atoms with Gasteiger partial charge in [-0.2, -0.15) is 0 Å². The van der Waals surface area contributed by atoms with Gasteiger partial charge in [0.25, 0.3) is 0 Å². The van der Waals surface area contributed by atoms with E-state index >= 15 is 0 Å². The predicted molar refractivity (Wildman–Crippen MR) is 113 cm³/mol. The number of likely N-dealkylation sites (tertiary alicyclic amines) is 2. The van der Waals surface area contributed by atoms with E-state index in [0.29, 0.717) is 11.7 Å². The Bertz CT molecular complexity index is 883. The van der Waals surface area contributed by atoms with Gasteiger partial charge in [0.05, 0.1) is 18.5 Å². The van der Waals surface area contributed by atoms with Crippen molar-refractivity contribution in [3.8, 4) is 0 Å². The van der Waals surface area contributed by atoms with Gasteiger partial charge < -0.3 is 15.7 Å². The Hall–Kier alpha value is -1.28. The van der Waals surface area contributed by atoms with Crippen LogP contribution in [0.2, 0.25) is 0 Å². The van der Waals surface area contributed by atoms with Gasteiger partial charge >= 0.3 is 0 Å². The van der Waals surface area contributed by atoms with E-state index in [4.69, 9.17) is 15.7 Å². The summed E-state index contributed by atoms with van der Waals surface area (Å²) in [5.41, 5.74) is 7.81. The fourth-order valence-corrected chi connectivity index (χ4v) is 7.02. The molecule has 2 aromatic rings. The minimum atomic E-state index is 0.0207. The van der Waals surface area contributed by atoms with Crippen LogP contribution in [0.15, 0.2) is 0 Å². The van der Waals surface area contributed by atoms with Crippen LogP contribution < -0.4 is 5.73 Å². The average molecular weight is 402 g/mol. The number of rotatable bonds is 5. The van der Waals surface area contributed by atoms with Crippen molar-refractivity contribution in [1.29, 1.82) is 0 Å². The third kappa shape index (κ3) is 3.03. The van der Waals surface area contributed by atoms with Crippen LogP contribution in [0.1, 0.15) is 42.5 Å². The number of nitrogen functional groups attached to an aromatic ring is 1. The van der Waals surface area contributed by atoms with Crippen LogP contribution in [0.25, 0.3) is 10.2 Å². The number of nitrogens with zero attached hydrogens (tertiary/aromatic N) is 4. The number of aryl methyl sites for hydroxylation is 2. The van der Waals surface area contributed by atoms with Crippen LogP contribution in [0.5, 0.6) is 0 Å². The largest absolute Gasteiger partial charge is 0.396 e. The molecule has 0 aromatic carbocycles. The number of aliphatic hydroxyl groups excluding tert-OH is 1. The fraction of sp³-hybridized carbons (Fsp3) is 0.714. The summed E-state index contributed by atoms with van der Waals surface area (Å²) in [6, 6.07) is 0. The fourth-order valence-electron chi connectivity index (χ4n) is 5.73. The molecule has 6 nitrogen and oxygen atoms in total. The lowest BCUT2D eigenvalue weighted by Gasteiger charge is -2.27. The number of nitrogens with two attached hydrogens (primary N) is 1. The quantitative estimate of drug-likeness (QED) is 0.800. The summed E-state index contributed by atoms with van der Waals surface area (Å²) in [4.78, 5) is 17.1. The molecule has 3 aliphatic rings. The van der Waals surface area contributed by atoms with Crippen molar-refractivity contribution in [2.75, 3.05) is 45.1 Å². The van der Waals surface area contributed by atoms with Crippen LogP contribution in [-0.4, -0.2) is 64.2 Å². The Balaban J connectivity index is 1.35. The highest BCUT2D eigenvalue weighted by Gasteiger charge is 2.51. The molecule has 5 rings (SSSR count). The number of thiophene rings is 1. The number of aromatic nitrogens is 2. The molecule has 4 heterocycles. The van der Waals surface area contributed by atoms with Crippen LogP contribution in [0, 0.1) is 11.3 Å². The smallest absolute Gasteiger partial charge is 0.146 e. The molecular weight excluding hydrogens is 370 g/mol. The first-order valence-corrected chi connectivity index (χ1v) is 11.6. The third-order valence-corrected chi connectivity index (χ3v) is 8.19. The van der Waals surface area contributed by atoms with Gasteiger partial charge in [0, 0.05) is 36.5 Å². The second-order valence-electron chi connectivity index (χ2n) is 9.04. The Kier molecular flexibility index (Phi) is 4.82.